The largest absolute Gasteiger partial charge is 0.490 e. The van der Waals surface area contributed by atoms with Crippen LogP contribution in [0.15, 0.2) is 30.3 Å². The highest BCUT2D eigenvalue weighted by Gasteiger charge is 2.13. The number of carboxylic acid groups (broad SMARTS) is 1. The summed E-state index contributed by atoms with van der Waals surface area (Å²) in [6, 6.07) is 8.88. The zero-order valence-electron chi connectivity index (χ0n) is 16.1. The summed E-state index contributed by atoms with van der Waals surface area (Å²) < 4.78 is 10.7. The van der Waals surface area contributed by atoms with E-state index in [0.29, 0.717) is 30.2 Å². The van der Waals surface area contributed by atoms with E-state index in [2.05, 4.69) is 17.4 Å². The highest BCUT2D eigenvalue weighted by atomic mass is 16.5. The highest BCUT2D eigenvalue weighted by molar-refractivity contribution is 5.94. The molecule has 2 aromatic carbocycles. The van der Waals surface area contributed by atoms with Crippen molar-refractivity contribution in [1.29, 1.82) is 0 Å². The standard InChI is InChI=1S/C21H25NO5/c1-5-26-19-10-16(6-7-18(19)27-12-20(23)24)21(25)22-11-17-14(3)8-13(2)9-15(17)4/h6-10H,5,11-12H2,1-4H3,(H,22,25)(H,23,24). The van der Waals surface area contributed by atoms with Crippen LogP contribution in [0.2, 0.25) is 0 Å². The molecule has 0 saturated heterocycles. The van der Waals surface area contributed by atoms with Crippen LogP contribution in [0.4, 0.5) is 0 Å². The fourth-order valence-electron chi connectivity index (χ4n) is 2.94. The molecule has 0 atom stereocenters. The summed E-state index contributed by atoms with van der Waals surface area (Å²) >= 11 is 0. The third-order valence-electron chi connectivity index (χ3n) is 4.12. The minimum Gasteiger partial charge on any atom is -0.490 e. The van der Waals surface area contributed by atoms with Crippen molar-refractivity contribution in [3.63, 3.8) is 0 Å². The van der Waals surface area contributed by atoms with Crippen molar-refractivity contribution in [1.82, 2.24) is 5.32 Å². The Bertz CT molecular complexity index is 821. The van der Waals surface area contributed by atoms with Crippen molar-refractivity contribution in [2.45, 2.75) is 34.2 Å². The van der Waals surface area contributed by atoms with E-state index >= 15 is 0 Å². The molecule has 2 rings (SSSR count). The van der Waals surface area contributed by atoms with Crippen LogP contribution in [-0.4, -0.2) is 30.2 Å². The smallest absolute Gasteiger partial charge is 0.341 e. The molecule has 0 unspecified atom stereocenters. The number of benzene rings is 2. The molecule has 0 bridgehead atoms. The van der Waals surface area contributed by atoms with Crippen LogP contribution >= 0.6 is 0 Å². The number of nitrogens with one attached hydrogen (secondary N) is 1. The molecule has 0 aliphatic heterocycles. The predicted molar refractivity (Wildman–Crippen MR) is 103 cm³/mol. The number of amides is 1. The van der Waals surface area contributed by atoms with Gasteiger partial charge in [0.1, 0.15) is 0 Å². The van der Waals surface area contributed by atoms with E-state index < -0.39 is 12.6 Å². The Kier molecular flexibility index (Phi) is 6.82. The van der Waals surface area contributed by atoms with Gasteiger partial charge in [0.15, 0.2) is 18.1 Å². The highest BCUT2D eigenvalue weighted by Crippen LogP contribution is 2.28. The Balaban J connectivity index is 2.14. The minimum absolute atomic E-state index is 0.236. The van der Waals surface area contributed by atoms with Gasteiger partial charge in [-0.25, -0.2) is 4.79 Å². The van der Waals surface area contributed by atoms with E-state index in [4.69, 9.17) is 14.6 Å². The number of aliphatic carboxylic acids is 1. The summed E-state index contributed by atoms with van der Waals surface area (Å²) in [6.45, 7) is 8.24. The number of rotatable bonds is 8. The zero-order valence-corrected chi connectivity index (χ0v) is 16.1. The average molecular weight is 371 g/mol. The van der Waals surface area contributed by atoms with Gasteiger partial charge < -0.3 is 19.9 Å². The molecule has 0 heterocycles. The summed E-state index contributed by atoms with van der Waals surface area (Å²) in [6.07, 6.45) is 0. The molecule has 0 saturated carbocycles. The maximum atomic E-state index is 12.5. The summed E-state index contributed by atoms with van der Waals surface area (Å²) in [5.41, 5.74) is 4.99. The maximum Gasteiger partial charge on any atom is 0.341 e. The quantitative estimate of drug-likeness (QED) is 0.743. The zero-order chi connectivity index (χ0) is 20.0. The van der Waals surface area contributed by atoms with E-state index in [-0.39, 0.29) is 5.91 Å². The van der Waals surface area contributed by atoms with Gasteiger partial charge in [-0.05, 0) is 62.6 Å². The lowest BCUT2D eigenvalue weighted by Gasteiger charge is -2.14. The molecule has 2 N–H and O–H groups in total. The lowest BCUT2D eigenvalue weighted by atomic mass is 10.00. The number of hydrogen-bond acceptors (Lipinski definition) is 4. The fourth-order valence-corrected chi connectivity index (χ4v) is 2.94. The molecule has 0 fully saturated rings. The van der Waals surface area contributed by atoms with E-state index in [1.54, 1.807) is 25.1 Å². The van der Waals surface area contributed by atoms with E-state index in [1.807, 2.05) is 20.8 Å². The van der Waals surface area contributed by atoms with Gasteiger partial charge in [-0.3, -0.25) is 4.79 Å². The summed E-state index contributed by atoms with van der Waals surface area (Å²) in [4.78, 5) is 23.2. The molecule has 144 valence electrons. The third-order valence-corrected chi connectivity index (χ3v) is 4.12. The molecule has 1 amide bonds. The predicted octanol–water partition coefficient (Wildman–Crippen LogP) is 3.40. The second-order valence-corrected chi connectivity index (χ2v) is 6.34. The van der Waals surface area contributed by atoms with Crippen molar-refractivity contribution in [3.8, 4) is 11.5 Å². The SMILES string of the molecule is CCOc1cc(C(=O)NCc2c(C)cc(C)cc2C)ccc1OCC(=O)O. The Morgan fingerprint density at radius 1 is 1.00 bits per heavy atom. The molecule has 6 nitrogen and oxygen atoms in total. The average Bonchev–Trinajstić information content (AvgIpc) is 2.59. The van der Waals surface area contributed by atoms with Crippen LogP contribution in [0.25, 0.3) is 0 Å². The lowest BCUT2D eigenvalue weighted by Crippen LogP contribution is -2.24. The van der Waals surface area contributed by atoms with Crippen LogP contribution in [0, 0.1) is 20.8 Å². The monoisotopic (exact) mass is 371 g/mol. The van der Waals surface area contributed by atoms with Crippen molar-refractivity contribution in [2.75, 3.05) is 13.2 Å². The van der Waals surface area contributed by atoms with Gasteiger partial charge in [0.25, 0.3) is 5.91 Å². The number of hydrogen-bond donors (Lipinski definition) is 2. The van der Waals surface area contributed by atoms with Crippen molar-refractivity contribution in [3.05, 3.63) is 58.1 Å². The number of carbonyl (C=O) groups excluding carboxylic acids is 1. The normalized spacial score (nSPS) is 10.4. The van der Waals surface area contributed by atoms with Crippen LogP contribution < -0.4 is 14.8 Å². The van der Waals surface area contributed by atoms with Gasteiger partial charge in [0.05, 0.1) is 6.61 Å². The van der Waals surface area contributed by atoms with E-state index in [0.717, 1.165) is 16.7 Å². The minimum atomic E-state index is -1.08. The third kappa shape index (κ3) is 5.48. The van der Waals surface area contributed by atoms with Crippen molar-refractivity contribution < 1.29 is 24.2 Å². The molecule has 0 aliphatic rings. The number of carboxylic acids is 1. The molecule has 27 heavy (non-hydrogen) atoms. The molecule has 0 aliphatic carbocycles. The van der Waals surface area contributed by atoms with Crippen LogP contribution in [0.5, 0.6) is 11.5 Å². The number of ether oxygens (including phenoxy) is 2. The van der Waals surface area contributed by atoms with Gasteiger partial charge in [-0.1, -0.05) is 17.7 Å². The van der Waals surface area contributed by atoms with E-state index in [9.17, 15) is 9.59 Å². The van der Waals surface area contributed by atoms with Crippen LogP contribution in [0.3, 0.4) is 0 Å². The Morgan fingerprint density at radius 3 is 2.26 bits per heavy atom. The van der Waals surface area contributed by atoms with Gasteiger partial charge in [-0.15, -0.1) is 0 Å². The molecule has 2 aromatic rings. The van der Waals surface area contributed by atoms with Crippen LogP contribution in [-0.2, 0) is 11.3 Å². The Hall–Kier alpha value is -3.02. The molecule has 0 aromatic heterocycles. The molecule has 6 heteroatoms. The Labute approximate surface area is 159 Å². The Morgan fingerprint density at radius 2 is 1.67 bits per heavy atom. The molecular weight excluding hydrogens is 346 g/mol. The number of aryl methyl sites for hydroxylation is 3. The van der Waals surface area contributed by atoms with Gasteiger partial charge >= 0.3 is 5.97 Å². The summed E-state index contributed by atoms with van der Waals surface area (Å²) in [5, 5.41) is 11.7. The first-order valence-electron chi connectivity index (χ1n) is 8.78. The maximum absolute atomic E-state index is 12.5. The van der Waals surface area contributed by atoms with Crippen LogP contribution in [0.1, 0.15) is 39.5 Å². The first-order valence-corrected chi connectivity index (χ1v) is 8.78. The second-order valence-electron chi connectivity index (χ2n) is 6.34. The summed E-state index contributed by atoms with van der Waals surface area (Å²) in [7, 11) is 0. The van der Waals surface area contributed by atoms with E-state index in [1.165, 1.54) is 5.56 Å². The topological polar surface area (TPSA) is 84.9 Å². The van der Waals surface area contributed by atoms with Crippen molar-refractivity contribution >= 4 is 11.9 Å². The number of carbonyl (C=O) groups is 2. The van der Waals surface area contributed by atoms with Gasteiger partial charge in [-0.2, -0.15) is 0 Å². The first-order chi connectivity index (χ1) is 12.8. The first kappa shape index (κ1) is 20.3. The summed E-state index contributed by atoms with van der Waals surface area (Å²) in [5.74, 6) is -0.682. The van der Waals surface area contributed by atoms with Gasteiger partial charge in [0, 0.05) is 12.1 Å². The van der Waals surface area contributed by atoms with Gasteiger partial charge in [0.2, 0.25) is 0 Å². The molecular formula is C21H25NO5. The molecule has 0 radical (unpaired) electrons. The van der Waals surface area contributed by atoms with Crippen molar-refractivity contribution in [2.24, 2.45) is 0 Å². The lowest BCUT2D eigenvalue weighted by molar-refractivity contribution is -0.139. The fraction of sp³-hybridized carbons (Fsp3) is 0.333. The second kappa shape index (κ2) is 9.07. The molecule has 0 spiro atoms.